The quantitative estimate of drug-likeness (QED) is 0.567. The average molecular weight is 154 g/mol. The summed E-state index contributed by atoms with van der Waals surface area (Å²) >= 11 is 0. The second-order valence-corrected chi connectivity index (χ2v) is 5.32. The van der Waals surface area contributed by atoms with Crippen LogP contribution in [0.3, 0.4) is 0 Å². The second kappa shape index (κ2) is 1.82. The predicted octanol–water partition coefficient (Wildman–Crippen LogP) is 2.19. The van der Waals surface area contributed by atoms with E-state index in [0.29, 0.717) is 0 Å². The van der Waals surface area contributed by atoms with Crippen molar-refractivity contribution in [3.63, 3.8) is 0 Å². The van der Waals surface area contributed by atoms with Crippen LogP contribution in [0.1, 0.15) is 40.0 Å². The molecule has 64 valence electrons. The van der Waals surface area contributed by atoms with E-state index in [2.05, 4.69) is 20.8 Å². The van der Waals surface area contributed by atoms with Crippen molar-refractivity contribution in [3.05, 3.63) is 0 Å². The monoisotopic (exact) mass is 154 g/mol. The number of aliphatic hydroxyl groups is 1. The van der Waals surface area contributed by atoms with E-state index >= 15 is 0 Å². The lowest BCUT2D eigenvalue weighted by atomic mass is 9.70. The van der Waals surface area contributed by atoms with E-state index < -0.39 is 0 Å². The normalized spacial score (nSPS) is 53.5. The summed E-state index contributed by atoms with van der Waals surface area (Å²) in [5.41, 5.74) is 0.446. The van der Waals surface area contributed by atoms with Gasteiger partial charge in [0, 0.05) is 0 Å². The van der Waals surface area contributed by atoms with Crippen molar-refractivity contribution in [2.45, 2.75) is 46.1 Å². The van der Waals surface area contributed by atoms with Crippen LogP contribution in [0.25, 0.3) is 0 Å². The molecule has 0 radical (unpaired) electrons. The first-order chi connectivity index (χ1) is 4.97. The molecule has 0 aromatic heterocycles. The van der Waals surface area contributed by atoms with Crippen molar-refractivity contribution in [1.82, 2.24) is 0 Å². The van der Waals surface area contributed by atoms with Gasteiger partial charge >= 0.3 is 0 Å². The van der Waals surface area contributed by atoms with E-state index in [1.54, 1.807) is 0 Å². The van der Waals surface area contributed by atoms with E-state index in [1.165, 1.54) is 19.3 Å². The molecule has 0 aromatic carbocycles. The zero-order valence-corrected chi connectivity index (χ0v) is 7.72. The molecule has 2 rings (SSSR count). The summed E-state index contributed by atoms with van der Waals surface area (Å²) in [6.07, 6.45) is 3.76. The van der Waals surface area contributed by atoms with Gasteiger partial charge in [0.2, 0.25) is 0 Å². The Bertz CT molecular complexity index is 181. The zero-order chi connectivity index (χ0) is 8.28. The lowest BCUT2D eigenvalue weighted by Crippen LogP contribution is -2.39. The van der Waals surface area contributed by atoms with Crippen molar-refractivity contribution < 1.29 is 5.11 Å². The van der Waals surface area contributed by atoms with Crippen LogP contribution in [0.2, 0.25) is 0 Å². The van der Waals surface area contributed by atoms with Crippen molar-refractivity contribution in [2.24, 2.45) is 16.7 Å². The lowest BCUT2D eigenvalue weighted by Gasteiger charge is -2.38. The van der Waals surface area contributed by atoms with Gasteiger partial charge in [-0.3, -0.25) is 0 Å². The third-order valence-electron chi connectivity index (χ3n) is 4.19. The summed E-state index contributed by atoms with van der Waals surface area (Å²) in [4.78, 5) is 0. The van der Waals surface area contributed by atoms with Crippen LogP contribution < -0.4 is 0 Å². The lowest BCUT2D eigenvalue weighted by molar-refractivity contribution is -0.0340. The maximum atomic E-state index is 10.0. The smallest absolute Gasteiger partial charge is 0.0647 e. The number of hydrogen-bond acceptors (Lipinski definition) is 1. The Morgan fingerprint density at radius 1 is 1.27 bits per heavy atom. The maximum Gasteiger partial charge on any atom is 0.0647 e. The Balaban J connectivity index is 2.34. The van der Waals surface area contributed by atoms with Gasteiger partial charge in [0.15, 0.2) is 0 Å². The van der Waals surface area contributed by atoms with E-state index in [4.69, 9.17) is 0 Å². The van der Waals surface area contributed by atoms with E-state index in [9.17, 15) is 5.11 Å². The standard InChI is InChI=1S/C10H18O/c1-9(2)7-4-5-10(3,6-7)8(9)11/h7-8,11H,4-6H2,1-3H3/t7-,8?,10-/m0/s1. The molecule has 0 aromatic rings. The summed E-state index contributed by atoms with van der Waals surface area (Å²) < 4.78 is 0. The van der Waals surface area contributed by atoms with Crippen molar-refractivity contribution in [1.29, 1.82) is 0 Å². The van der Waals surface area contributed by atoms with Crippen molar-refractivity contribution in [2.75, 3.05) is 0 Å². The van der Waals surface area contributed by atoms with Crippen molar-refractivity contribution >= 4 is 0 Å². The van der Waals surface area contributed by atoms with Crippen LogP contribution in [0.5, 0.6) is 0 Å². The maximum absolute atomic E-state index is 10.0. The summed E-state index contributed by atoms with van der Waals surface area (Å²) in [6, 6.07) is 0. The largest absolute Gasteiger partial charge is 0.392 e. The molecule has 2 aliphatic carbocycles. The minimum atomic E-state index is -0.0613. The number of rotatable bonds is 0. The molecule has 3 atom stereocenters. The average Bonchev–Trinajstić information content (AvgIpc) is 2.36. The van der Waals surface area contributed by atoms with Gasteiger partial charge in [-0.1, -0.05) is 20.8 Å². The molecule has 2 fully saturated rings. The van der Waals surface area contributed by atoms with Gasteiger partial charge in [-0.05, 0) is 36.0 Å². The van der Waals surface area contributed by atoms with Crippen LogP contribution in [0.15, 0.2) is 0 Å². The molecule has 0 spiro atoms. The fourth-order valence-corrected chi connectivity index (χ4v) is 3.28. The summed E-state index contributed by atoms with van der Waals surface area (Å²) in [6.45, 7) is 6.67. The number of aliphatic hydroxyl groups excluding tert-OH is 1. The highest BCUT2D eigenvalue weighted by atomic mass is 16.3. The van der Waals surface area contributed by atoms with Crippen LogP contribution in [0, 0.1) is 16.7 Å². The first kappa shape index (κ1) is 7.60. The molecule has 1 unspecified atom stereocenters. The highest BCUT2D eigenvalue weighted by molar-refractivity contribution is 5.08. The molecule has 0 heterocycles. The molecule has 2 saturated carbocycles. The molecule has 0 aliphatic heterocycles. The zero-order valence-electron chi connectivity index (χ0n) is 7.72. The molecular weight excluding hydrogens is 136 g/mol. The summed E-state index contributed by atoms with van der Waals surface area (Å²) in [5, 5.41) is 10.0. The highest BCUT2D eigenvalue weighted by Crippen LogP contribution is 2.62. The van der Waals surface area contributed by atoms with Crippen LogP contribution in [-0.4, -0.2) is 11.2 Å². The first-order valence-corrected chi connectivity index (χ1v) is 4.65. The number of fused-ring (bicyclic) bond motifs is 2. The molecular formula is C10H18O. The number of hydrogen-bond donors (Lipinski definition) is 1. The molecule has 11 heavy (non-hydrogen) atoms. The Labute approximate surface area is 68.8 Å². The Morgan fingerprint density at radius 3 is 2.18 bits per heavy atom. The molecule has 1 nitrogen and oxygen atoms in total. The van der Waals surface area contributed by atoms with Gasteiger partial charge in [0.25, 0.3) is 0 Å². The Kier molecular flexibility index (Phi) is 1.26. The highest BCUT2D eigenvalue weighted by Gasteiger charge is 2.58. The summed E-state index contributed by atoms with van der Waals surface area (Å²) in [7, 11) is 0. The van der Waals surface area contributed by atoms with Crippen molar-refractivity contribution in [3.8, 4) is 0 Å². The molecule has 2 bridgehead atoms. The molecule has 1 N–H and O–H groups in total. The van der Waals surface area contributed by atoms with Crippen LogP contribution in [-0.2, 0) is 0 Å². The van der Waals surface area contributed by atoms with Crippen LogP contribution in [0.4, 0.5) is 0 Å². The third kappa shape index (κ3) is 0.752. The fraction of sp³-hybridized carbons (Fsp3) is 1.00. The van der Waals surface area contributed by atoms with E-state index in [0.717, 1.165) is 5.92 Å². The second-order valence-electron chi connectivity index (χ2n) is 5.32. The molecule has 1 heteroatoms. The molecule has 2 aliphatic rings. The predicted molar refractivity (Wildman–Crippen MR) is 45.2 cm³/mol. The Morgan fingerprint density at radius 2 is 1.91 bits per heavy atom. The van der Waals surface area contributed by atoms with Gasteiger partial charge in [0.1, 0.15) is 0 Å². The minimum Gasteiger partial charge on any atom is -0.392 e. The van der Waals surface area contributed by atoms with Crippen LogP contribution >= 0.6 is 0 Å². The topological polar surface area (TPSA) is 20.2 Å². The van der Waals surface area contributed by atoms with Gasteiger partial charge in [-0.2, -0.15) is 0 Å². The van der Waals surface area contributed by atoms with Gasteiger partial charge in [-0.15, -0.1) is 0 Å². The minimum absolute atomic E-state index is 0.0613. The van der Waals surface area contributed by atoms with Gasteiger partial charge in [-0.25, -0.2) is 0 Å². The molecule has 0 saturated heterocycles. The Hall–Kier alpha value is -0.0400. The SMILES string of the molecule is CC1(C)C(O)[C@@]2(C)CC[C@H]1C2. The van der Waals surface area contributed by atoms with E-state index in [1.807, 2.05) is 0 Å². The van der Waals surface area contributed by atoms with E-state index in [-0.39, 0.29) is 16.9 Å². The van der Waals surface area contributed by atoms with Gasteiger partial charge < -0.3 is 5.11 Å². The summed E-state index contributed by atoms with van der Waals surface area (Å²) in [5.74, 6) is 0.780. The first-order valence-electron chi connectivity index (χ1n) is 4.65. The fourth-order valence-electron chi connectivity index (χ4n) is 3.28. The van der Waals surface area contributed by atoms with Gasteiger partial charge in [0.05, 0.1) is 6.10 Å². The molecule has 0 amide bonds. The third-order valence-corrected chi connectivity index (χ3v) is 4.19.